The Bertz CT molecular complexity index is 558. The van der Waals surface area contributed by atoms with E-state index >= 15 is 0 Å². The van der Waals surface area contributed by atoms with E-state index in [1.54, 1.807) is 6.92 Å². The fraction of sp³-hybridized carbons (Fsp3) is 0.500. The maximum absolute atomic E-state index is 12.8. The normalized spacial score (nSPS) is 12.9. The van der Waals surface area contributed by atoms with Crippen molar-refractivity contribution in [2.45, 2.75) is 24.7 Å². The van der Waals surface area contributed by atoms with Gasteiger partial charge in [0.2, 0.25) is 5.91 Å². The molecule has 1 rings (SSSR count). The van der Waals surface area contributed by atoms with E-state index in [-0.39, 0.29) is 16.6 Å². The first-order valence-electron chi connectivity index (χ1n) is 6.83. The van der Waals surface area contributed by atoms with Gasteiger partial charge in [-0.2, -0.15) is 0 Å². The molecule has 0 aliphatic heterocycles. The van der Waals surface area contributed by atoms with Crippen molar-refractivity contribution in [2.75, 3.05) is 18.8 Å². The van der Waals surface area contributed by atoms with Gasteiger partial charge in [-0.15, -0.1) is 0 Å². The third kappa shape index (κ3) is 5.81. The summed E-state index contributed by atoms with van der Waals surface area (Å²) in [6.45, 7) is 2.60. The number of hydrogen-bond acceptors (Lipinski definition) is 4. The van der Waals surface area contributed by atoms with Gasteiger partial charge >= 0.3 is 0 Å². The van der Waals surface area contributed by atoms with Crippen LogP contribution in [0.3, 0.4) is 0 Å². The standard InChI is InChI=1S/C14H21FN2O3S/c1-11(14(18)17-9-3-2-8-16)10-21(19,20)13-6-4-12(15)5-7-13/h4-7,11H,2-3,8-10,16H2,1H3,(H,17,18). The van der Waals surface area contributed by atoms with Crippen molar-refractivity contribution >= 4 is 15.7 Å². The van der Waals surface area contributed by atoms with Crippen LogP contribution in [0.2, 0.25) is 0 Å². The lowest BCUT2D eigenvalue weighted by Crippen LogP contribution is -2.33. The molecule has 5 nitrogen and oxygen atoms in total. The van der Waals surface area contributed by atoms with Crippen LogP contribution in [0, 0.1) is 11.7 Å². The third-order valence-corrected chi connectivity index (χ3v) is 4.95. The van der Waals surface area contributed by atoms with Crippen LogP contribution >= 0.6 is 0 Å². The first-order valence-corrected chi connectivity index (χ1v) is 8.48. The van der Waals surface area contributed by atoms with Crippen molar-refractivity contribution < 1.29 is 17.6 Å². The van der Waals surface area contributed by atoms with Crippen molar-refractivity contribution in [2.24, 2.45) is 11.7 Å². The number of benzene rings is 1. The van der Waals surface area contributed by atoms with Gasteiger partial charge in [-0.1, -0.05) is 6.92 Å². The SMILES string of the molecule is CC(CS(=O)(=O)c1ccc(F)cc1)C(=O)NCCCCN. The monoisotopic (exact) mass is 316 g/mol. The number of carbonyl (C=O) groups excluding carboxylic acids is 1. The van der Waals surface area contributed by atoms with Gasteiger partial charge in [0, 0.05) is 12.5 Å². The number of nitrogens with one attached hydrogen (secondary N) is 1. The third-order valence-electron chi connectivity index (χ3n) is 3.02. The smallest absolute Gasteiger partial charge is 0.223 e. The topological polar surface area (TPSA) is 89.3 Å². The molecule has 0 bridgehead atoms. The Labute approximate surface area is 124 Å². The minimum atomic E-state index is -3.60. The summed E-state index contributed by atoms with van der Waals surface area (Å²) in [5.41, 5.74) is 5.34. The average Bonchev–Trinajstić information content (AvgIpc) is 2.43. The highest BCUT2D eigenvalue weighted by molar-refractivity contribution is 7.91. The highest BCUT2D eigenvalue weighted by Gasteiger charge is 2.23. The van der Waals surface area contributed by atoms with E-state index in [0.29, 0.717) is 13.1 Å². The summed E-state index contributed by atoms with van der Waals surface area (Å²) in [5.74, 6) is -1.78. The van der Waals surface area contributed by atoms with Crippen molar-refractivity contribution in [3.63, 3.8) is 0 Å². The number of nitrogens with two attached hydrogens (primary N) is 1. The van der Waals surface area contributed by atoms with E-state index in [2.05, 4.69) is 5.32 Å². The van der Waals surface area contributed by atoms with E-state index in [9.17, 15) is 17.6 Å². The first-order chi connectivity index (χ1) is 9.86. The number of hydrogen-bond donors (Lipinski definition) is 2. The number of amides is 1. The van der Waals surface area contributed by atoms with E-state index < -0.39 is 21.6 Å². The zero-order valence-electron chi connectivity index (χ0n) is 12.0. The lowest BCUT2D eigenvalue weighted by molar-refractivity contribution is -0.123. The Balaban J connectivity index is 2.58. The molecule has 21 heavy (non-hydrogen) atoms. The van der Waals surface area contributed by atoms with Gasteiger partial charge in [0.25, 0.3) is 0 Å². The molecule has 0 aliphatic carbocycles. The van der Waals surface area contributed by atoms with E-state index in [0.717, 1.165) is 25.0 Å². The number of carbonyl (C=O) groups is 1. The molecule has 3 N–H and O–H groups in total. The summed E-state index contributed by atoms with van der Waals surface area (Å²) < 4.78 is 37.0. The summed E-state index contributed by atoms with van der Waals surface area (Å²) in [5, 5.41) is 2.68. The van der Waals surface area contributed by atoms with Gasteiger partial charge in [-0.25, -0.2) is 12.8 Å². The molecule has 7 heteroatoms. The molecule has 1 aromatic carbocycles. The number of rotatable bonds is 8. The Morgan fingerprint density at radius 1 is 1.29 bits per heavy atom. The molecule has 0 saturated carbocycles. The highest BCUT2D eigenvalue weighted by Crippen LogP contribution is 2.15. The van der Waals surface area contributed by atoms with Gasteiger partial charge in [0.15, 0.2) is 9.84 Å². The Hall–Kier alpha value is -1.47. The minimum Gasteiger partial charge on any atom is -0.356 e. The average molecular weight is 316 g/mol. The van der Waals surface area contributed by atoms with Crippen LogP contribution in [0.4, 0.5) is 4.39 Å². The van der Waals surface area contributed by atoms with Crippen LogP contribution in [0.25, 0.3) is 0 Å². The lowest BCUT2D eigenvalue weighted by Gasteiger charge is -2.12. The molecule has 1 atom stereocenters. The van der Waals surface area contributed by atoms with E-state index in [1.165, 1.54) is 12.1 Å². The summed E-state index contributed by atoms with van der Waals surface area (Å²) in [6.07, 6.45) is 1.57. The molecule has 1 unspecified atom stereocenters. The first kappa shape index (κ1) is 17.6. The zero-order chi connectivity index (χ0) is 15.9. The molecule has 0 radical (unpaired) electrons. The van der Waals surface area contributed by atoms with Gasteiger partial charge in [0.1, 0.15) is 5.82 Å². The van der Waals surface area contributed by atoms with Crippen molar-refractivity contribution in [3.05, 3.63) is 30.1 Å². The largest absolute Gasteiger partial charge is 0.356 e. The second-order valence-electron chi connectivity index (χ2n) is 4.92. The van der Waals surface area contributed by atoms with Crippen LogP contribution in [-0.2, 0) is 14.6 Å². The van der Waals surface area contributed by atoms with Crippen LogP contribution in [0.15, 0.2) is 29.2 Å². The quantitative estimate of drug-likeness (QED) is 0.555. The summed E-state index contributed by atoms with van der Waals surface area (Å²) in [6, 6.07) is 4.59. The fourth-order valence-electron chi connectivity index (χ4n) is 1.80. The maximum atomic E-state index is 12.8. The molecule has 0 saturated heterocycles. The number of halogens is 1. The Kier molecular flexibility index (Phi) is 6.77. The predicted molar refractivity (Wildman–Crippen MR) is 78.9 cm³/mol. The molecule has 0 aromatic heterocycles. The van der Waals surface area contributed by atoms with Crippen molar-refractivity contribution in [3.8, 4) is 0 Å². The summed E-state index contributed by atoms with van der Waals surface area (Å²) in [4.78, 5) is 11.8. The molecule has 0 aliphatic rings. The van der Waals surface area contributed by atoms with Gasteiger partial charge < -0.3 is 11.1 Å². The summed E-state index contributed by atoms with van der Waals surface area (Å²) >= 11 is 0. The van der Waals surface area contributed by atoms with Gasteiger partial charge in [0.05, 0.1) is 10.6 Å². The fourth-order valence-corrected chi connectivity index (χ4v) is 3.35. The predicted octanol–water partition coefficient (Wildman–Crippen LogP) is 1.09. The summed E-state index contributed by atoms with van der Waals surface area (Å²) in [7, 11) is -3.60. The number of unbranched alkanes of at least 4 members (excludes halogenated alkanes) is 1. The minimum absolute atomic E-state index is 0.0201. The van der Waals surface area contributed by atoms with E-state index in [1.807, 2.05) is 0 Å². The van der Waals surface area contributed by atoms with Crippen molar-refractivity contribution in [1.29, 1.82) is 0 Å². The second-order valence-corrected chi connectivity index (χ2v) is 6.96. The zero-order valence-corrected chi connectivity index (χ0v) is 12.8. The van der Waals surface area contributed by atoms with Crippen LogP contribution in [0.1, 0.15) is 19.8 Å². The highest BCUT2D eigenvalue weighted by atomic mass is 32.2. The molecule has 0 spiro atoms. The van der Waals surface area contributed by atoms with E-state index in [4.69, 9.17) is 5.73 Å². The van der Waals surface area contributed by atoms with Crippen molar-refractivity contribution in [1.82, 2.24) is 5.32 Å². The maximum Gasteiger partial charge on any atom is 0.223 e. The van der Waals surface area contributed by atoms with Gasteiger partial charge in [-0.3, -0.25) is 4.79 Å². The molecular weight excluding hydrogens is 295 g/mol. The second kappa shape index (κ2) is 8.09. The molecular formula is C14H21FN2O3S. The van der Waals surface area contributed by atoms with Crippen LogP contribution in [0.5, 0.6) is 0 Å². The van der Waals surface area contributed by atoms with Crippen LogP contribution in [-0.4, -0.2) is 33.2 Å². The molecule has 1 amide bonds. The number of sulfone groups is 1. The Morgan fingerprint density at radius 3 is 2.48 bits per heavy atom. The lowest BCUT2D eigenvalue weighted by atomic mass is 10.2. The Morgan fingerprint density at radius 2 is 1.90 bits per heavy atom. The molecule has 0 heterocycles. The molecule has 118 valence electrons. The van der Waals surface area contributed by atoms with Crippen LogP contribution < -0.4 is 11.1 Å². The molecule has 1 aromatic rings. The molecule has 0 fully saturated rings. The van der Waals surface area contributed by atoms with Gasteiger partial charge in [-0.05, 0) is 43.7 Å².